The minimum atomic E-state index is -0.377. The second-order valence-corrected chi connectivity index (χ2v) is 7.47. The molecule has 1 N–H and O–H groups in total. The highest BCUT2D eigenvalue weighted by atomic mass is 79.9. The second kappa shape index (κ2) is 7.58. The predicted molar refractivity (Wildman–Crippen MR) is 102 cm³/mol. The summed E-state index contributed by atoms with van der Waals surface area (Å²) < 4.78 is 0.842. The monoisotopic (exact) mass is 420 g/mol. The molecule has 0 radical (unpaired) electrons. The Morgan fingerprint density at radius 3 is 2.68 bits per heavy atom. The number of nitrogens with zero attached hydrogens (tertiary/aromatic N) is 1. The normalized spacial score (nSPS) is 18.3. The first-order valence-electron chi connectivity index (χ1n) is 8.06. The summed E-state index contributed by atoms with van der Waals surface area (Å²) in [6.45, 7) is 2.40. The third-order valence-electron chi connectivity index (χ3n) is 4.47. The molecule has 1 fully saturated rings. The standard InChI is InChI=1S/C19H18BrClN2O2/c1-12(13-5-3-2-4-6-13)23-11-14(9-18(23)24)19(25)22-17-8-7-15(20)10-16(17)21/h2-8,10,12,14H,9,11H2,1H3,(H,22,25)/t12-,14+/m0/s1. The summed E-state index contributed by atoms with van der Waals surface area (Å²) in [6.07, 6.45) is 0.219. The van der Waals surface area contributed by atoms with Gasteiger partial charge in [-0.3, -0.25) is 9.59 Å². The van der Waals surface area contributed by atoms with E-state index in [0.29, 0.717) is 17.3 Å². The maximum absolute atomic E-state index is 12.5. The number of carbonyl (C=O) groups excluding carboxylic acids is 2. The summed E-state index contributed by atoms with van der Waals surface area (Å²) in [5, 5.41) is 3.29. The third kappa shape index (κ3) is 4.05. The van der Waals surface area contributed by atoms with Crippen LogP contribution in [0.1, 0.15) is 24.9 Å². The van der Waals surface area contributed by atoms with Gasteiger partial charge in [-0.15, -0.1) is 0 Å². The van der Waals surface area contributed by atoms with Gasteiger partial charge >= 0.3 is 0 Å². The van der Waals surface area contributed by atoms with Crippen molar-refractivity contribution >= 4 is 45.0 Å². The second-order valence-electron chi connectivity index (χ2n) is 6.15. The van der Waals surface area contributed by atoms with Gasteiger partial charge in [0, 0.05) is 17.4 Å². The van der Waals surface area contributed by atoms with Crippen molar-refractivity contribution in [2.75, 3.05) is 11.9 Å². The van der Waals surface area contributed by atoms with E-state index < -0.39 is 0 Å². The Labute approximate surface area is 160 Å². The van der Waals surface area contributed by atoms with Gasteiger partial charge in [-0.05, 0) is 30.7 Å². The molecule has 0 saturated carbocycles. The van der Waals surface area contributed by atoms with E-state index in [2.05, 4.69) is 21.2 Å². The number of nitrogens with one attached hydrogen (secondary N) is 1. The lowest BCUT2D eigenvalue weighted by Crippen LogP contribution is -2.30. The summed E-state index contributed by atoms with van der Waals surface area (Å²) >= 11 is 9.48. The fourth-order valence-corrected chi connectivity index (χ4v) is 3.74. The molecule has 2 aromatic carbocycles. The Balaban J connectivity index is 1.68. The highest BCUT2D eigenvalue weighted by molar-refractivity contribution is 9.10. The molecule has 130 valence electrons. The topological polar surface area (TPSA) is 49.4 Å². The van der Waals surface area contributed by atoms with Gasteiger partial charge in [-0.2, -0.15) is 0 Å². The van der Waals surface area contributed by atoms with E-state index in [4.69, 9.17) is 11.6 Å². The smallest absolute Gasteiger partial charge is 0.229 e. The largest absolute Gasteiger partial charge is 0.335 e. The van der Waals surface area contributed by atoms with Gasteiger partial charge in [-0.25, -0.2) is 0 Å². The number of amides is 2. The lowest BCUT2D eigenvalue weighted by Gasteiger charge is -2.25. The van der Waals surface area contributed by atoms with Gasteiger partial charge in [0.15, 0.2) is 0 Å². The van der Waals surface area contributed by atoms with Crippen molar-refractivity contribution in [2.45, 2.75) is 19.4 Å². The molecule has 0 aromatic heterocycles. The lowest BCUT2D eigenvalue weighted by atomic mass is 10.1. The minimum absolute atomic E-state index is 0.00148. The molecule has 0 bridgehead atoms. The molecule has 1 saturated heterocycles. The molecule has 2 atom stereocenters. The molecule has 4 nitrogen and oxygen atoms in total. The van der Waals surface area contributed by atoms with Gasteiger partial charge in [0.05, 0.1) is 22.7 Å². The van der Waals surface area contributed by atoms with Gasteiger partial charge in [0.2, 0.25) is 11.8 Å². The van der Waals surface area contributed by atoms with E-state index in [1.807, 2.05) is 43.3 Å². The van der Waals surface area contributed by atoms with Crippen molar-refractivity contribution in [3.05, 3.63) is 63.6 Å². The average molecular weight is 422 g/mol. The van der Waals surface area contributed by atoms with E-state index in [1.54, 1.807) is 17.0 Å². The summed E-state index contributed by atoms with van der Waals surface area (Å²) in [7, 11) is 0. The number of benzene rings is 2. The lowest BCUT2D eigenvalue weighted by molar-refractivity contribution is -0.129. The maximum atomic E-state index is 12.5. The van der Waals surface area contributed by atoms with Crippen molar-refractivity contribution < 1.29 is 9.59 Å². The zero-order valence-electron chi connectivity index (χ0n) is 13.7. The molecule has 25 heavy (non-hydrogen) atoms. The zero-order chi connectivity index (χ0) is 18.0. The fourth-order valence-electron chi connectivity index (χ4n) is 3.02. The van der Waals surface area contributed by atoms with Crippen LogP contribution in [0.15, 0.2) is 53.0 Å². The minimum Gasteiger partial charge on any atom is -0.335 e. The van der Waals surface area contributed by atoms with Crippen molar-refractivity contribution in [3.63, 3.8) is 0 Å². The van der Waals surface area contributed by atoms with Crippen LogP contribution in [0.5, 0.6) is 0 Å². The van der Waals surface area contributed by atoms with Crippen LogP contribution in [0.3, 0.4) is 0 Å². The molecule has 1 heterocycles. The summed E-state index contributed by atoms with van der Waals surface area (Å²) in [4.78, 5) is 26.7. The molecule has 0 spiro atoms. The molecule has 2 aromatic rings. The van der Waals surface area contributed by atoms with Gasteiger partial charge in [-0.1, -0.05) is 57.9 Å². The van der Waals surface area contributed by atoms with Crippen LogP contribution in [0.4, 0.5) is 5.69 Å². The highest BCUT2D eigenvalue weighted by Gasteiger charge is 2.37. The van der Waals surface area contributed by atoms with Crippen molar-refractivity contribution in [1.82, 2.24) is 4.90 Å². The average Bonchev–Trinajstić information content (AvgIpc) is 2.99. The van der Waals surface area contributed by atoms with E-state index in [1.165, 1.54) is 0 Å². The Morgan fingerprint density at radius 1 is 1.28 bits per heavy atom. The van der Waals surface area contributed by atoms with Crippen LogP contribution >= 0.6 is 27.5 Å². The molecule has 0 aliphatic carbocycles. The summed E-state index contributed by atoms with van der Waals surface area (Å²) in [6, 6.07) is 15.1. The highest BCUT2D eigenvalue weighted by Crippen LogP contribution is 2.30. The zero-order valence-corrected chi connectivity index (χ0v) is 16.0. The molecule has 2 amide bonds. The van der Waals surface area contributed by atoms with Crippen LogP contribution in [-0.2, 0) is 9.59 Å². The van der Waals surface area contributed by atoms with Crippen LogP contribution in [-0.4, -0.2) is 23.3 Å². The maximum Gasteiger partial charge on any atom is 0.229 e. The Kier molecular flexibility index (Phi) is 5.45. The van der Waals surface area contributed by atoms with Gasteiger partial charge in [0.1, 0.15) is 0 Å². The fraction of sp³-hybridized carbons (Fsp3) is 0.263. The van der Waals surface area contributed by atoms with E-state index in [9.17, 15) is 9.59 Å². The first-order valence-corrected chi connectivity index (χ1v) is 9.23. The van der Waals surface area contributed by atoms with E-state index >= 15 is 0 Å². The van der Waals surface area contributed by atoms with Crippen LogP contribution in [0.25, 0.3) is 0 Å². The molecular weight excluding hydrogens is 404 g/mol. The van der Waals surface area contributed by atoms with Crippen molar-refractivity contribution in [1.29, 1.82) is 0 Å². The molecule has 0 unspecified atom stereocenters. The number of likely N-dealkylation sites (tertiary alicyclic amines) is 1. The number of anilines is 1. The number of rotatable bonds is 4. The Morgan fingerprint density at radius 2 is 2.00 bits per heavy atom. The predicted octanol–water partition coefficient (Wildman–Crippen LogP) is 4.65. The van der Waals surface area contributed by atoms with Crippen molar-refractivity contribution in [2.24, 2.45) is 5.92 Å². The first-order chi connectivity index (χ1) is 12.0. The van der Waals surface area contributed by atoms with Crippen LogP contribution in [0.2, 0.25) is 5.02 Å². The molecule has 6 heteroatoms. The molecule has 1 aliphatic heterocycles. The third-order valence-corrected chi connectivity index (χ3v) is 5.27. The Hall–Kier alpha value is -1.85. The van der Waals surface area contributed by atoms with Gasteiger partial charge in [0.25, 0.3) is 0 Å². The van der Waals surface area contributed by atoms with Crippen LogP contribution in [0, 0.1) is 5.92 Å². The molecular formula is C19H18BrClN2O2. The van der Waals surface area contributed by atoms with Gasteiger partial charge < -0.3 is 10.2 Å². The molecule has 3 rings (SSSR count). The Bertz CT molecular complexity index is 797. The summed E-state index contributed by atoms with van der Waals surface area (Å²) in [5.74, 6) is -0.558. The SMILES string of the molecule is C[C@@H](c1ccccc1)N1C[C@H](C(=O)Nc2ccc(Br)cc2Cl)CC1=O. The number of hydrogen-bond donors (Lipinski definition) is 1. The van der Waals surface area contributed by atoms with E-state index in [-0.39, 0.29) is 30.2 Å². The van der Waals surface area contributed by atoms with Crippen LogP contribution < -0.4 is 5.32 Å². The molecule has 1 aliphatic rings. The number of halogens is 2. The summed E-state index contributed by atoms with van der Waals surface area (Å²) in [5.41, 5.74) is 1.62. The quantitative estimate of drug-likeness (QED) is 0.781. The number of carbonyl (C=O) groups is 2. The van der Waals surface area contributed by atoms with E-state index in [0.717, 1.165) is 10.0 Å². The number of hydrogen-bond acceptors (Lipinski definition) is 2. The first kappa shape index (κ1) is 18.0. The van der Waals surface area contributed by atoms with Crippen molar-refractivity contribution in [3.8, 4) is 0 Å².